The molecular weight excluding hydrogens is 282 g/mol. The number of nitro groups is 1. The van der Waals surface area contributed by atoms with Gasteiger partial charge in [0.25, 0.3) is 5.69 Å². The number of ketones is 1. The average Bonchev–Trinajstić information content (AvgIpc) is 2.87. The van der Waals surface area contributed by atoms with Crippen LogP contribution in [0.4, 0.5) is 5.69 Å². The minimum absolute atomic E-state index is 0.0552. The predicted molar refractivity (Wildman–Crippen MR) is 65.0 cm³/mol. The van der Waals surface area contributed by atoms with Crippen LogP contribution in [0.2, 0.25) is 0 Å². The van der Waals surface area contributed by atoms with Crippen molar-refractivity contribution in [3.05, 3.63) is 27.4 Å². The molecule has 2 rings (SSSR count). The smallest absolute Gasteiger partial charge is 0.294 e. The third kappa shape index (κ3) is 2.68. The normalized spacial score (nSPS) is 10.4. The first-order valence-corrected chi connectivity index (χ1v) is 6.72. The number of nitrogens with zero attached hydrogens (tertiary/aromatic N) is 3. The highest BCUT2D eigenvalue weighted by Crippen LogP contribution is 2.41. The minimum Gasteiger partial charge on any atom is -0.294 e. The summed E-state index contributed by atoms with van der Waals surface area (Å²) in [5.74, 6) is -0.179. The van der Waals surface area contributed by atoms with E-state index >= 15 is 0 Å². The Balaban J connectivity index is 2.37. The maximum atomic E-state index is 11.2. The summed E-state index contributed by atoms with van der Waals surface area (Å²) >= 11 is 3.42. The topological polar surface area (TPSA) is 86.0 Å². The second kappa shape index (κ2) is 4.90. The van der Waals surface area contributed by atoms with Gasteiger partial charge >= 0.3 is 0 Å². The Kier molecular flexibility index (Phi) is 3.50. The van der Waals surface area contributed by atoms with Crippen LogP contribution in [0.1, 0.15) is 16.6 Å². The van der Waals surface area contributed by atoms with E-state index in [1.165, 1.54) is 19.3 Å². The summed E-state index contributed by atoms with van der Waals surface area (Å²) < 4.78 is 4.88. The fourth-order valence-electron chi connectivity index (χ4n) is 1.03. The Labute approximate surface area is 108 Å². The summed E-state index contributed by atoms with van der Waals surface area (Å²) in [6.45, 7) is 1.38. The largest absolute Gasteiger partial charge is 0.294 e. The van der Waals surface area contributed by atoms with Crippen molar-refractivity contribution in [3.8, 4) is 0 Å². The van der Waals surface area contributed by atoms with Crippen molar-refractivity contribution in [2.24, 2.45) is 0 Å². The third-order valence-corrected chi connectivity index (χ3v) is 4.87. The summed E-state index contributed by atoms with van der Waals surface area (Å²) in [4.78, 5) is 25.9. The Bertz CT molecular complexity index is 564. The molecule has 0 saturated carbocycles. The molecule has 9 heteroatoms. The summed E-state index contributed by atoms with van der Waals surface area (Å²) in [6, 6.07) is 1.30. The van der Waals surface area contributed by atoms with E-state index in [1.54, 1.807) is 0 Å². The SMILES string of the molecule is CC(=O)c1cc([N+](=O)[O-])c(Sc2ncns2)s1. The van der Waals surface area contributed by atoms with Crippen molar-refractivity contribution in [1.29, 1.82) is 0 Å². The predicted octanol–water partition coefficient (Wildman–Crippen LogP) is 2.86. The van der Waals surface area contributed by atoms with E-state index in [2.05, 4.69) is 9.36 Å². The third-order valence-electron chi connectivity index (χ3n) is 1.74. The van der Waals surface area contributed by atoms with Crippen molar-refractivity contribution < 1.29 is 9.72 Å². The van der Waals surface area contributed by atoms with Crippen molar-refractivity contribution in [1.82, 2.24) is 9.36 Å². The molecule has 88 valence electrons. The number of aromatic nitrogens is 2. The highest BCUT2D eigenvalue weighted by Gasteiger charge is 2.22. The molecule has 0 aliphatic heterocycles. The summed E-state index contributed by atoms with van der Waals surface area (Å²) in [5, 5.41) is 10.8. The van der Waals surface area contributed by atoms with Crippen molar-refractivity contribution in [3.63, 3.8) is 0 Å². The molecule has 2 heterocycles. The number of hydrogen-bond donors (Lipinski definition) is 0. The minimum atomic E-state index is -0.494. The molecule has 0 bridgehead atoms. The van der Waals surface area contributed by atoms with Gasteiger partial charge in [0.15, 0.2) is 10.1 Å². The van der Waals surface area contributed by atoms with Gasteiger partial charge in [0.05, 0.1) is 9.80 Å². The lowest BCUT2D eigenvalue weighted by Crippen LogP contribution is -1.87. The molecule has 6 nitrogen and oxygen atoms in total. The van der Waals surface area contributed by atoms with E-state index in [0.717, 1.165) is 34.6 Å². The average molecular weight is 287 g/mol. The number of Topliss-reactive ketones (excluding diaryl/α,β-unsaturated/α-hetero) is 1. The quantitative estimate of drug-likeness (QED) is 0.488. The number of thiophene rings is 1. The van der Waals surface area contributed by atoms with E-state index in [4.69, 9.17) is 0 Å². The summed E-state index contributed by atoms with van der Waals surface area (Å²) in [7, 11) is 0. The van der Waals surface area contributed by atoms with Gasteiger partial charge in [0, 0.05) is 6.07 Å². The molecule has 0 aliphatic carbocycles. The zero-order valence-corrected chi connectivity index (χ0v) is 10.9. The number of rotatable bonds is 4. The fourth-order valence-corrected chi connectivity index (χ4v) is 3.91. The number of carbonyl (C=O) groups is 1. The van der Waals surface area contributed by atoms with Gasteiger partial charge in [-0.2, -0.15) is 4.37 Å². The zero-order chi connectivity index (χ0) is 12.4. The standard InChI is InChI=1S/C8H5N3O3S3/c1-4(12)6-2-5(11(13)14)7(15-6)16-8-9-3-10-17-8/h2-3H,1H3. The first-order valence-electron chi connectivity index (χ1n) is 4.31. The van der Waals surface area contributed by atoms with E-state index < -0.39 is 4.92 Å². The molecule has 0 spiro atoms. The maximum absolute atomic E-state index is 11.2. The number of carbonyl (C=O) groups excluding carboxylic acids is 1. The second-order valence-corrected chi connectivity index (χ2v) is 6.25. The molecule has 2 aromatic rings. The van der Waals surface area contributed by atoms with Gasteiger partial charge in [-0.1, -0.05) is 0 Å². The van der Waals surface area contributed by atoms with Crippen LogP contribution in [0, 0.1) is 10.1 Å². The highest BCUT2D eigenvalue weighted by atomic mass is 32.2. The van der Waals surface area contributed by atoms with Crippen molar-refractivity contribution >= 4 is 46.1 Å². The molecule has 0 atom stereocenters. The molecule has 0 fully saturated rings. The highest BCUT2D eigenvalue weighted by molar-refractivity contribution is 8.02. The molecule has 0 amide bonds. The molecule has 2 aromatic heterocycles. The van der Waals surface area contributed by atoms with Gasteiger partial charge in [-0.25, -0.2) is 4.98 Å². The van der Waals surface area contributed by atoms with Gasteiger partial charge in [0.2, 0.25) is 0 Å². The Morgan fingerprint density at radius 1 is 1.59 bits per heavy atom. The van der Waals surface area contributed by atoms with Crippen LogP contribution >= 0.6 is 34.6 Å². The van der Waals surface area contributed by atoms with E-state index in [9.17, 15) is 14.9 Å². The van der Waals surface area contributed by atoms with E-state index in [-0.39, 0.29) is 11.5 Å². The Hall–Kier alpha value is -1.32. The zero-order valence-electron chi connectivity index (χ0n) is 8.45. The fraction of sp³-hybridized carbons (Fsp3) is 0.125. The second-order valence-electron chi connectivity index (χ2n) is 2.91. The molecule has 0 N–H and O–H groups in total. The van der Waals surface area contributed by atoms with Crippen LogP contribution in [0.3, 0.4) is 0 Å². The van der Waals surface area contributed by atoms with E-state index in [0.29, 0.717) is 13.4 Å². The Morgan fingerprint density at radius 3 is 2.88 bits per heavy atom. The summed E-state index contributed by atoms with van der Waals surface area (Å²) in [6.07, 6.45) is 1.39. The first-order chi connectivity index (χ1) is 8.08. The molecule has 0 radical (unpaired) electrons. The maximum Gasteiger partial charge on any atom is 0.294 e. The van der Waals surface area contributed by atoms with E-state index in [1.807, 2.05) is 0 Å². The van der Waals surface area contributed by atoms with Crippen LogP contribution in [-0.4, -0.2) is 20.1 Å². The van der Waals surface area contributed by atoms with Gasteiger partial charge in [-0.3, -0.25) is 14.9 Å². The number of hydrogen-bond acceptors (Lipinski definition) is 8. The first kappa shape index (κ1) is 12.1. The lowest BCUT2D eigenvalue weighted by atomic mass is 10.3. The van der Waals surface area contributed by atoms with Crippen LogP contribution in [0.15, 0.2) is 20.9 Å². The van der Waals surface area contributed by atoms with Crippen LogP contribution in [0.25, 0.3) is 0 Å². The van der Waals surface area contributed by atoms with Gasteiger partial charge in [-0.15, -0.1) is 11.3 Å². The molecule has 17 heavy (non-hydrogen) atoms. The van der Waals surface area contributed by atoms with Crippen LogP contribution < -0.4 is 0 Å². The van der Waals surface area contributed by atoms with Crippen LogP contribution in [-0.2, 0) is 0 Å². The summed E-state index contributed by atoms with van der Waals surface area (Å²) in [5.41, 5.74) is -0.0552. The lowest BCUT2D eigenvalue weighted by molar-refractivity contribution is -0.387. The molecular formula is C8H5N3O3S3. The van der Waals surface area contributed by atoms with Gasteiger partial charge in [0.1, 0.15) is 10.5 Å². The monoisotopic (exact) mass is 287 g/mol. The molecule has 0 aliphatic rings. The lowest BCUT2D eigenvalue weighted by Gasteiger charge is -1.91. The Morgan fingerprint density at radius 2 is 2.35 bits per heavy atom. The molecule has 0 saturated heterocycles. The van der Waals surface area contributed by atoms with Crippen molar-refractivity contribution in [2.45, 2.75) is 15.5 Å². The molecule has 0 unspecified atom stereocenters. The van der Waals surface area contributed by atoms with Crippen molar-refractivity contribution in [2.75, 3.05) is 0 Å². The van der Waals surface area contributed by atoms with Gasteiger partial charge < -0.3 is 0 Å². The van der Waals surface area contributed by atoms with Crippen LogP contribution in [0.5, 0.6) is 0 Å². The van der Waals surface area contributed by atoms with Gasteiger partial charge in [-0.05, 0) is 30.2 Å². The molecule has 0 aromatic carbocycles.